The van der Waals surface area contributed by atoms with E-state index in [1.807, 2.05) is 0 Å². The number of amides is 2. The summed E-state index contributed by atoms with van der Waals surface area (Å²) < 4.78 is 26.1. The zero-order chi connectivity index (χ0) is 17.7. The van der Waals surface area contributed by atoms with Gasteiger partial charge in [0.05, 0.1) is 11.3 Å². The molecule has 1 aromatic heterocycles. The molecule has 0 aliphatic heterocycles. The van der Waals surface area contributed by atoms with Gasteiger partial charge < -0.3 is 10.4 Å². The molecular formula is C15H12F2N4NaO3. The number of hydrazone groups is 1. The SMILES string of the molecule is CC(=NNC(=O)Nc1cc(F)cc(F)c1)c1ncccc1C(=O)O.[Na]. The Hall–Kier alpha value is -2.36. The molecule has 2 aromatic rings. The van der Waals surface area contributed by atoms with E-state index in [4.69, 9.17) is 5.11 Å². The van der Waals surface area contributed by atoms with E-state index >= 15 is 0 Å². The molecule has 0 saturated carbocycles. The van der Waals surface area contributed by atoms with Crippen molar-refractivity contribution in [1.82, 2.24) is 10.4 Å². The number of hydrogen-bond donors (Lipinski definition) is 3. The molecule has 25 heavy (non-hydrogen) atoms. The number of nitrogens with one attached hydrogen (secondary N) is 2. The second-order valence-electron chi connectivity index (χ2n) is 4.63. The maximum absolute atomic E-state index is 13.0. The van der Waals surface area contributed by atoms with Crippen LogP contribution < -0.4 is 10.7 Å². The van der Waals surface area contributed by atoms with Crippen molar-refractivity contribution in [1.29, 1.82) is 0 Å². The molecule has 10 heteroatoms. The fourth-order valence-electron chi connectivity index (χ4n) is 1.84. The Bertz CT molecular complexity index is 810. The molecule has 0 spiro atoms. The molecule has 0 aliphatic carbocycles. The van der Waals surface area contributed by atoms with Gasteiger partial charge in [-0.15, -0.1) is 0 Å². The number of carbonyl (C=O) groups is 2. The fraction of sp³-hybridized carbons (Fsp3) is 0.0667. The summed E-state index contributed by atoms with van der Waals surface area (Å²) in [5, 5.41) is 15.0. The molecule has 7 nitrogen and oxygen atoms in total. The Balaban J connectivity index is 0.00000312. The number of urea groups is 1. The first-order chi connectivity index (χ1) is 11.4. The summed E-state index contributed by atoms with van der Waals surface area (Å²) in [6, 6.07) is 4.48. The maximum Gasteiger partial charge on any atom is 0.339 e. The summed E-state index contributed by atoms with van der Waals surface area (Å²) in [5.74, 6) is -2.87. The normalized spacial score (nSPS) is 10.6. The average Bonchev–Trinajstić information content (AvgIpc) is 2.51. The number of nitrogens with zero attached hydrogens (tertiary/aromatic N) is 2. The van der Waals surface area contributed by atoms with E-state index in [0.29, 0.717) is 6.07 Å². The molecule has 125 valence electrons. The largest absolute Gasteiger partial charge is 0.478 e. The minimum Gasteiger partial charge on any atom is -0.478 e. The third kappa shape index (κ3) is 5.89. The van der Waals surface area contributed by atoms with E-state index < -0.39 is 23.6 Å². The van der Waals surface area contributed by atoms with Crippen LogP contribution in [0.15, 0.2) is 41.6 Å². The van der Waals surface area contributed by atoms with Gasteiger partial charge in [-0.25, -0.2) is 23.8 Å². The number of halogens is 2. The van der Waals surface area contributed by atoms with Crippen LogP contribution in [0.4, 0.5) is 19.3 Å². The third-order valence-corrected chi connectivity index (χ3v) is 2.83. The number of carboxylic acids is 1. The number of rotatable bonds is 4. The Kier molecular flexibility index (Phi) is 7.62. The first kappa shape index (κ1) is 20.7. The van der Waals surface area contributed by atoms with Crippen molar-refractivity contribution < 1.29 is 23.5 Å². The van der Waals surface area contributed by atoms with Crippen LogP contribution >= 0.6 is 0 Å². The third-order valence-electron chi connectivity index (χ3n) is 2.83. The number of anilines is 1. The van der Waals surface area contributed by atoms with Crippen molar-refractivity contribution in [2.24, 2.45) is 5.10 Å². The van der Waals surface area contributed by atoms with Crippen LogP contribution in [0.25, 0.3) is 0 Å². The molecule has 0 atom stereocenters. The standard InChI is InChI=1S/C15H12F2N4O3.Na/c1-8(13-12(14(22)23)3-2-4-18-13)20-21-15(24)19-11-6-9(16)5-10(17)7-11;/h2-7H,1H3,(H,22,23)(H2,19,21,24);. The zero-order valence-electron chi connectivity index (χ0n) is 13.4. The second kappa shape index (κ2) is 9.21. The van der Waals surface area contributed by atoms with Gasteiger partial charge in [-0.1, -0.05) is 0 Å². The minimum atomic E-state index is -1.19. The smallest absolute Gasteiger partial charge is 0.339 e. The quantitative estimate of drug-likeness (QED) is 0.443. The van der Waals surface area contributed by atoms with Gasteiger partial charge in [-0.2, -0.15) is 5.10 Å². The second-order valence-corrected chi connectivity index (χ2v) is 4.63. The first-order valence-electron chi connectivity index (χ1n) is 6.63. The van der Waals surface area contributed by atoms with Crippen molar-refractivity contribution in [3.8, 4) is 0 Å². The number of benzene rings is 1. The first-order valence-corrected chi connectivity index (χ1v) is 6.63. The van der Waals surface area contributed by atoms with Crippen molar-refractivity contribution in [3.63, 3.8) is 0 Å². The minimum absolute atomic E-state index is 0. The predicted octanol–water partition coefficient (Wildman–Crippen LogP) is 2.22. The summed E-state index contributed by atoms with van der Waals surface area (Å²) in [6.07, 6.45) is 1.39. The summed E-state index contributed by atoms with van der Waals surface area (Å²) >= 11 is 0. The molecule has 0 unspecified atom stereocenters. The van der Waals surface area contributed by atoms with Crippen LogP contribution in [-0.4, -0.2) is 57.4 Å². The number of hydrogen-bond acceptors (Lipinski definition) is 4. The van der Waals surface area contributed by atoms with Crippen LogP contribution in [0.5, 0.6) is 0 Å². The molecule has 1 aromatic carbocycles. The van der Waals surface area contributed by atoms with Crippen molar-refractivity contribution >= 4 is 53.0 Å². The maximum atomic E-state index is 13.0. The predicted molar refractivity (Wildman–Crippen MR) is 87.7 cm³/mol. The van der Waals surface area contributed by atoms with Gasteiger partial charge in [-0.05, 0) is 31.2 Å². The van der Waals surface area contributed by atoms with Crippen molar-refractivity contribution in [3.05, 3.63) is 59.4 Å². The molecule has 1 radical (unpaired) electrons. The van der Waals surface area contributed by atoms with Crippen LogP contribution in [0.2, 0.25) is 0 Å². The summed E-state index contributed by atoms with van der Waals surface area (Å²) in [6.45, 7) is 1.46. The molecule has 0 fully saturated rings. The van der Waals surface area contributed by atoms with Crippen LogP contribution in [0.3, 0.4) is 0 Å². The van der Waals surface area contributed by atoms with E-state index in [-0.39, 0.29) is 52.2 Å². The Morgan fingerprint density at radius 3 is 2.44 bits per heavy atom. The summed E-state index contributed by atoms with van der Waals surface area (Å²) in [4.78, 5) is 26.7. The number of aromatic carboxylic acids is 1. The number of carbonyl (C=O) groups excluding carboxylic acids is 1. The number of aromatic nitrogens is 1. The molecule has 1 heterocycles. The molecule has 0 saturated heterocycles. The van der Waals surface area contributed by atoms with Crippen LogP contribution in [0, 0.1) is 11.6 Å². The molecular weight excluding hydrogens is 345 g/mol. The van der Waals surface area contributed by atoms with Crippen LogP contribution in [0.1, 0.15) is 23.0 Å². The molecule has 0 bridgehead atoms. The van der Waals surface area contributed by atoms with Crippen molar-refractivity contribution in [2.75, 3.05) is 5.32 Å². The number of carboxylic acid groups (broad SMARTS) is 1. The van der Waals surface area contributed by atoms with E-state index in [2.05, 4.69) is 20.8 Å². The van der Waals surface area contributed by atoms with Gasteiger partial charge >= 0.3 is 12.0 Å². The zero-order valence-corrected chi connectivity index (χ0v) is 15.4. The van der Waals surface area contributed by atoms with E-state index in [0.717, 1.165) is 12.1 Å². The molecule has 2 amide bonds. The van der Waals surface area contributed by atoms with Gasteiger partial charge in [0.15, 0.2) is 0 Å². The van der Waals surface area contributed by atoms with Crippen LogP contribution in [-0.2, 0) is 0 Å². The molecule has 3 N–H and O–H groups in total. The van der Waals surface area contributed by atoms with E-state index in [1.165, 1.54) is 25.3 Å². The monoisotopic (exact) mass is 357 g/mol. The summed E-state index contributed by atoms with van der Waals surface area (Å²) in [5.41, 5.74) is 2.16. The Morgan fingerprint density at radius 2 is 1.84 bits per heavy atom. The van der Waals surface area contributed by atoms with E-state index in [9.17, 15) is 18.4 Å². The average molecular weight is 357 g/mol. The summed E-state index contributed by atoms with van der Waals surface area (Å²) in [7, 11) is 0. The van der Waals surface area contributed by atoms with Crippen molar-refractivity contribution in [2.45, 2.75) is 6.92 Å². The van der Waals surface area contributed by atoms with Gasteiger partial charge in [-0.3, -0.25) is 4.98 Å². The van der Waals surface area contributed by atoms with E-state index in [1.54, 1.807) is 0 Å². The van der Waals surface area contributed by atoms with Gasteiger partial charge in [0.25, 0.3) is 0 Å². The number of pyridine rings is 1. The topological polar surface area (TPSA) is 104 Å². The molecule has 2 rings (SSSR count). The molecule has 0 aliphatic rings. The fourth-order valence-corrected chi connectivity index (χ4v) is 1.84. The van der Waals surface area contributed by atoms with Gasteiger partial charge in [0.2, 0.25) is 0 Å². The Labute approximate surface area is 163 Å². The van der Waals surface area contributed by atoms with Gasteiger partial charge in [0.1, 0.15) is 17.3 Å². The van der Waals surface area contributed by atoms with Gasteiger partial charge in [0, 0.05) is 47.5 Å². The Morgan fingerprint density at radius 1 is 1.20 bits per heavy atom.